The summed E-state index contributed by atoms with van der Waals surface area (Å²) in [5, 5.41) is 2.74. The number of unbranched alkanes of at least 4 members (excludes halogenated alkanes) is 1. The number of hydrogen-bond acceptors (Lipinski definition) is 2. The number of nitrogens with one attached hydrogen (secondary N) is 1. The Balaban J connectivity index is 3.97. The van der Waals surface area contributed by atoms with Crippen LogP contribution in [-0.4, -0.2) is 18.2 Å². The van der Waals surface area contributed by atoms with Crippen LogP contribution in [0, 0.1) is 11.8 Å². The molecule has 3 nitrogen and oxygen atoms in total. The fourth-order valence-corrected chi connectivity index (χ4v) is 1.49. The standard InChI is InChI=1S/C13H25NO2/c1-5-7-8-11(6-2)13(16)14-9-12(15)10(3)4/h10-11H,5-9H2,1-4H3,(H,14,16). The third-order valence-corrected chi connectivity index (χ3v) is 2.85. The molecule has 0 aromatic carbocycles. The van der Waals surface area contributed by atoms with Gasteiger partial charge in [-0.2, -0.15) is 0 Å². The average molecular weight is 227 g/mol. The molecule has 1 N–H and O–H groups in total. The van der Waals surface area contributed by atoms with Gasteiger partial charge in [0.25, 0.3) is 0 Å². The normalized spacial score (nSPS) is 12.6. The largest absolute Gasteiger partial charge is 0.349 e. The van der Waals surface area contributed by atoms with Crippen LogP contribution in [0.25, 0.3) is 0 Å². The third-order valence-electron chi connectivity index (χ3n) is 2.85. The van der Waals surface area contributed by atoms with Gasteiger partial charge in [0.2, 0.25) is 5.91 Å². The van der Waals surface area contributed by atoms with E-state index < -0.39 is 0 Å². The highest BCUT2D eigenvalue weighted by Crippen LogP contribution is 2.12. The lowest BCUT2D eigenvalue weighted by Gasteiger charge is -2.14. The molecular formula is C13H25NO2. The van der Waals surface area contributed by atoms with Gasteiger partial charge >= 0.3 is 0 Å². The molecule has 0 saturated carbocycles. The van der Waals surface area contributed by atoms with Gasteiger partial charge in [-0.05, 0) is 12.8 Å². The van der Waals surface area contributed by atoms with Crippen molar-refractivity contribution in [1.82, 2.24) is 5.32 Å². The number of Topliss-reactive ketones (excluding diaryl/α,β-unsaturated/α-hetero) is 1. The van der Waals surface area contributed by atoms with Crippen LogP contribution in [0.1, 0.15) is 53.4 Å². The second-order valence-corrected chi connectivity index (χ2v) is 4.59. The van der Waals surface area contributed by atoms with E-state index in [1.165, 1.54) is 0 Å². The molecule has 16 heavy (non-hydrogen) atoms. The Morgan fingerprint density at radius 1 is 1.19 bits per heavy atom. The van der Waals surface area contributed by atoms with Gasteiger partial charge in [0.05, 0.1) is 6.54 Å². The van der Waals surface area contributed by atoms with Crippen molar-refractivity contribution in [3.63, 3.8) is 0 Å². The van der Waals surface area contributed by atoms with Gasteiger partial charge in [0.15, 0.2) is 5.78 Å². The first-order chi connectivity index (χ1) is 7.52. The van der Waals surface area contributed by atoms with Crippen molar-refractivity contribution in [3.05, 3.63) is 0 Å². The smallest absolute Gasteiger partial charge is 0.223 e. The Bertz CT molecular complexity index is 224. The second-order valence-electron chi connectivity index (χ2n) is 4.59. The number of carbonyl (C=O) groups excluding carboxylic acids is 2. The van der Waals surface area contributed by atoms with Crippen LogP contribution in [0.5, 0.6) is 0 Å². The van der Waals surface area contributed by atoms with E-state index >= 15 is 0 Å². The van der Waals surface area contributed by atoms with E-state index in [1.54, 1.807) is 0 Å². The quantitative estimate of drug-likeness (QED) is 0.692. The van der Waals surface area contributed by atoms with Crippen LogP contribution in [0.15, 0.2) is 0 Å². The lowest BCUT2D eigenvalue weighted by molar-refractivity contribution is -0.129. The predicted octanol–water partition coefficient (Wildman–Crippen LogP) is 2.54. The fourth-order valence-electron chi connectivity index (χ4n) is 1.49. The highest BCUT2D eigenvalue weighted by molar-refractivity contribution is 5.87. The minimum Gasteiger partial charge on any atom is -0.349 e. The highest BCUT2D eigenvalue weighted by atomic mass is 16.2. The number of hydrogen-bond donors (Lipinski definition) is 1. The average Bonchev–Trinajstić information content (AvgIpc) is 2.26. The topological polar surface area (TPSA) is 46.2 Å². The minimum atomic E-state index is -0.00369. The van der Waals surface area contributed by atoms with Gasteiger partial charge in [-0.3, -0.25) is 9.59 Å². The van der Waals surface area contributed by atoms with Crippen molar-refractivity contribution in [1.29, 1.82) is 0 Å². The predicted molar refractivity (Wildman–Crippen MR) is 66.2 cm³/mol. The van der Waals surface area contributed by atoms with Crippen LogP contribution in [-0.2, 0) is 9.59 Å². The van der Waals surface area contributed by atoms with Gasteiger partial charge in [-0.25, -0.2) is 0 Å². The molecule has 0 aliphatic heterocycles. The Hall–Kier alpha value is -0.860. The molecule has 1 unspecified atom stereocenters. The summed E-state index contributed by atoms with van der Waals surface area (Å²) in [6.07, 6.45) is 3.95. The third kappa shape index (κ3) is 5.89. The molecule has 94 valence electrons. The summed E-state index contributed by atoms with van der Waals surface area (Å²) >= 11 is 0. The van der Waals surface area contributed by atoms with E-state index in [0.29, 0.717) is 0 Å². The van der Waals surface area contributed by atoms with Crippen molar-refractivity contribution in [2.75, 3.05) is 6.54 Å². The molecule has 0 aliphatic rings. The van der Waals surface area contributed by atoms with Crippen LogP contribution in [0.3, 0.4) is 0 Å². The molecule has 0 aliphatic carbocycles. The molecular weight excluding hydrogens is 202 g/mol. The van der Waals surface area contributed by atoms with Crippen molar-refractivity contribution in [3.8, 4) is 0 Å². The summed E-state index contributed by atoms with van der Waals surface area (Å²) < 4.78 is 0. The molecule has 1 amide bonds. The van der Waals surface area contributed by atoms with Crippen molar-refractivity contribution in [2.45, 2.75) is 53.4 Å². The monoisotopic (exact) mass is 227 g/mol. The van der Waals surface area contributed by atoms with E-state index in [4.69, 9.17) is 0 Å². The zero-order valence-electron chi connectivity index (χ0n) is 11.0. The molecule has 0 rings (SSSR count). The van der Waals surface area contributed by atoms with Crippen LogP contribution in [0.4, 0.5) is 0 Å². The summed E-state index contributed by atoms with van der Waals surface area (Å²) in [7, 11) is 0. The van der Waals surface area contributed by atoms with E-state index in [9.17, 15) is 9.59 Å². The molecule has 0 spiro atoms. The Morgan fingerprint density at radius 2 is 1.81 bits per heavy atom. The molecule has 0 saturated heterocycles. The number of rotatable bonds is 8. The van der Waals surface area contributed by atoms with Gasteiger partial charge in [0, 0.05) is 11.8 Å². The maximum atomic E-state index is 11.7. The first-order valence-corrected chi connectivity index (χ1v) is 6.33. The molecule has 0 heterocycles. The summed E-state index contributed by atoms with van der Waals surface area (Å²) in [6, 6.07) is 0. The second kappa shape index (κ2) is 8.31. The van der Waals surface area contributed by atoms with E-state index in [0.717, 1.165) is 25.7 Å². The van der Waals surface area contributed by atoms with E-state index in [-0.39, 0.29) is 30.1 Å². The van der Waals surface area contributed by atoms with Crippen LogP contribution in [0.2, 0.25) is 0 Å². The summed E-state index contributed by atoms with van der Waals surface area (Å²) in [5.41, 5.74) is 0. The molecule has 0 aromatic rings. The first-order valence-electron chi connectivity index (χ1n) is 6.33. The first kappa shape index (κ1) is 15.1. The van der Waals surface area contributed by atoms with Crippen LogP contribution >= 0.6 is 0 Å². The molecule has 3 heteroatoms. The molecule has 0 fully saturated rings. The van der Waals surface area contributed by atoms with Crippen LogP contribution < -0.4 is 5.32 Å². The SMILES string of the molecule is CCCCC(CC)C(=O)NCC(=O)C(C)C. The fraction of sp³-hybridized carbons (Fsp3) is 0.846. The van der Waals surface area contributed by atoms with Crippen molar-refractivity contribution in [2.24, 2.45) is 11.8 Å². The maximum absolute atomic E-state index is 11.7. The van der Waals surface area contributed by atoms with Gasteiger partial charge in [0.1, 0.15) is 0 Å². The Morgan fingerprint density at radius 3 is 2.25 bits per heavy atom. The van der Waals surface area contributed by atoms with E-state index in [1.807, 2.05) is 20.8 Å². The number of ketones is 1. The molecule has 0 aromatic heterocycles. The lowest BCUT2D eigenvalue weighted by atomic mass is 9.98. The van der Waals surface area contributed by atoms with Gasteiger partial charge in [-0.1, -0.05) is 40.5 Å². The number of carbonyl (C=O) groups is 2. The Kier molecular flexibility index (Phi) is 7.86. The molecule has 1 atom stereocenters. The maximum Gasteiger partial charge on any atom is 0.223 e. The summed E-state index contributed by atoms with van der Waals surface area (Å²) in [6.45, 7) is 8.02. The lowest BCUT2D eigenvalue weighted by Crippen LogP contribution is -2.35. The van der Waals surface area contributed by atoms with Crippen molar-refractivity contribution >= 4 is 11.7 Å². The summed E-state index contributed by atoms with van der Waals surface area (Å²) in [4.78, 5) is 23.1. The Labute approximate surface area is 99.0 Å². The highest BCUT2D eigenvalue weighted by Gasteiger charge is 2.16. The minimum absolute atomic E-state index is 0.00369. The van der Waals surface area contributed by atoms with Gasteiger partial charge < -0.3 is 5.32 Å². The molecule has 0 bridgehead atoms. The molecule has 0 radical (unpaired) electrons. The number of amides is 1. The zero-order chi connectivity index (χ0) is 12.6. The van der Waals surface area contributed by atoms with Crippen molar-refractivity contribution < 1.29 is 9.59 Å². The summed E-state index contributed by atoms with van der Waals surface area (Å²) in [5.74, 6) is 0.194. The van der Waals surface area contributed by atoms with Gasteiger partial charge in [-0.15, -0.1) is 0 Å². The van der Waals surface area contributed by atoms with E-state index in [2.05, 4.69) is 12.2 Å². The zero-order valence-corrected chi connectivity index (χ0v) is 11.0.